The van der Waals surface area contributed by atoms with Crippen LogP contribution in [0.1, 0.15) is 52.0 Å². The van der Waals surface area contributed by atoms with E-state index in [9.17, 15) is 4.79 Å². The number of benzene rings is 1. The number of allylic oxidation sites excluding steroid dienone is 2. The van der Waals surface area contributed by atoms with Crippen molar-refractivity contribution >= 4 is 5.97 Å². The molecule has 1 aromatic rings. The van der Waals surface area contributed by atoms with Crippen LogP contribution in [0.3, 0.4) is 0 Å². The Bertz CT molecular complexity index is 534. The van der Waals surface area contributed by atoms with Crippen molar-refractivity contribution in [3.05, 3.63) is 48.0 Å². The van der Waals surface area contributed by atoms with Crippen LogP contribution in [-0.4, -0.2) is 12.1 Å². The Morgan fingerprint density at radius 1 is 1.30 bits per heavy atom. The normalized spacial score (nSPS) is 13.2. The molecule has 2 nitrogen and oxygen atoms in total. The van der Waals surface area contributed by atoms with Gasteiger partial charge >= 0.3 is 5.97 Å². The Hall–Kier alpha value is -2.01. The lowest BCUT2D eigenvalue weighted by Gasteiger charge is -2.20. The van der Waals surface area contributed by atoms with Gasteiger partial charge in [0.1, 0.15) is 6.10 Å². The predicted octanol–water partition coefficient (Wildman–Crippen LogP) is 4.94. The van der Waals surface area contributed by atoms with Gasteiger partial charge in [-0.25, -0.2) is 0 Å². The van der Waals surface area contributed by atoms with E-state index >= 15 is 0 Å². The van der Waals surface area contributed by atoms with Crippen molar-refractivity contribution in [1.82, 2.24) is 0 Å². The monoisotopic (exact) mass is 312 g/mol. The van der Waals surface area contributed by atoms with Crippen LogP contribution in [0.25, 0.3) is 0 Å². The highest BCUT2D eigenvalue weighted by atomic mass is 16.5. The SMILES string of the molecule is CCCC/C=C/C#C[C@H](C)[C@@H](CCc1ccccc1)OC(C)=O. The molecule has 0 unspecified atom stereocenters. The van der Waals surface area contributed by atoms with Crippen LogP contribution in [0.2, 0.25) is 0 Å². The Morgan fingerprint density at radius 3 is 2.70 bits per heavy atom. The number of rotatable bonds is 8. The molecule has 1 rings (SSSR count). The number of ether oxygens (including phenoxy) is 1. The highest BCUT2D eigenvalue weighted by Gasteiger charge is 2.18. The topological polar surface area (TPSA) is 26.3 Å². The molecule has 23 heavy (non-hydrogen) atoms. The molecule has 0 amide bonds. The summed E-state index contributed by atoms with van der Waals surface area (Å²) in [5.41, 5.74) is 1.25. The fourth-order valence-electron chi connectivity index (χ4n) is 2.31. The van der Waals surface area contributed by atoms with Crippen LogP contribution in [0, 0.1) is 17.8 Å². The summed E-state index contributed by atoms with van der Waals surface area (Å²) in [6.07, 6.45) is 8.99. The Balaban J connectivity index is 2.56. The number of hydrogen-bond acceptors (Lipinski definition) is 2. The van der Waals surface area contributed by atoms with Gasteiger partial charge in [0.15, 0.2) is 0 Å². The predicted molar refractivity (Wildman–Crippen MR) is 95.9 cm³/mol. The standard InChI is InChI=1S/C21H28O2/c1-4-5-6-7-8-10-13-18(2)21(23-19(3)22)17-16-20-14-11-9-12-15-20/h7-9,11-12,14-15,18,21H,4-6,16-17H2,1-3H3/b8-7+/t18-,21+/m0/s1. The molecule has 2 heteroatoms. The summed E-state index contributed by atoms with van der Waals surface area (Å²) in [6, 6.07) is 10.3. The third kappa shape index (κ3) is 8.88. The van der Waals surface area contributed by atoms with Gasteiger partial charge in [-0.3, -0.25) is 4.79 Å². The molecular weight excluding hydrogens is 284 g/mol. The number of unbranched alkanes of at least 4 members (excludes halogenated alkanes) is 2. The van der Waals surface area contributed by atoms with Gasteiger partial charge in [0, 0.05) is 6.92 Å². The first kappa shape index (κ1) is 19.0. The van der Waals surface area contributed by atoms with E-state index in [1.165, 1.54) is 25.3 Å². The number of hydrogen-bond donors (Lipinski definition) is 0. The van der Waals surface area contributed by atoms with Gasteiger partial charge < -0.3 is 4.74 Å². The molecular formula is C21H28O2. The summed E-state index contributed by atoms with van der Waals surface area (Å²) >= 11 is 0. The third-order valence-electron chi connectivity index (χ3n) is 3.67. The van der Waals surface area contributed by atoms with Crippen molar-refractivity contribution in [3.8, 4) is 11.8 Å². The summed E-state index contributed by atoms with van der Waals surface area (Å²) in [6.45, 7) is 5.66. The van der Waals surface area contributed by atoms with E-state index in [0.717, 1.165) is 19.3 Å². The summed E-state index contributed by atoms with van der Waals surface area (Å²) in [5.74, 6) is 6.05. The Morgan fingerprint density at radius 2 is 2.04 bits per heavy atom. The molecule has 2 atom stereocenters. The lowest BCUT2D eigenvalue weighted by molar-refractivity contribution is -0.148. The minimum Gasteiger partial charge on any atom is -0.461 e. The molecule has 0 saturated carbocycles. The quantitative estimate of drug-likeness (QED) is 0.386. The second-order valence-electron chi connectivity index (χ2n) is 5.79. The average Bonchev–Trinajstić information content (AvgIpc) is 2.55. The molecule has 0 fully saturated rings. The molecule has 1 aromatic carbocycles. The summed E-state index contributed by atoms with van der Waals surface area (Å²) < 4.78 is 5.46. The van der Waals surface area contributed by atoms with E-state index in [1.807, 2.05) is 31.2 Å². The largest absolute Gasteiger partial charge is 0.461 e. The second-order valence-corrected chi connectivity index (χ2v) is 5.79. The van der Waals surface area contributed by atoms with Crippen LogP contribution in [0.5, 0.6) is 0 Å². The van der Waals surface area contributed by atoms with Crippen LogP contribution in [0.4, 0.5) is 0 Å². The number of carbonyl (C=O) groups excluding carboxylic acids is 1. The fourth-order valence-corrected chi connectivity index (χ4v) is 2.31. The first-order valence-corrected chi connectivity index (χ1v) is 8.50. The zero-order chi connectivity index (χ0) is 16.9. The molecule has 0 radical (unpaired) electrons. The molecule has 0 saturated heterocycles. The third-order valence-corrected chi connectivity index (χ3v) is 3.67. The smallest absolute Gasteiger partial charge is 0.302 e. The van der Waals surface area contributed by atoms with Gasteiger partial charge in [-0.2, -0.15) is 0 Å². The molecule has 124 valence electrons. The highest BCUT2D eigenvalue weighted by Crippen LogP contribution is 2.15. The van der Waals surface area contributed by atoms with Crippen LogP contribution in [0.15, 0.2) is 42.5 Å². The van der Waals surface area contributed by atoms with Gasteiger partial charge in [0.05, 0.1) is 5.92 Å². The highest BCUT2D eigenvalue weighted by molar-refractivity contribution is 5.66. The van der Waals surface area contributed by atoms with E-state index in [4.69, 9.17) is 4.74 Å². The van der Waals surface area contributed by atoms with Crippen molar-refractivity contribution in [2.24, 2.45) is 5.92 Å². The molecule has 0 aromatic heterocycles. The number of carbonyl (C=O) groups is 1. The first-order valence-electron chi connectivity index (χ1n) is 8.50. The van der Waals surface area contributed by atoms with Crippen molar-refractivity contribution in [2.45, 2.75) is 59.0 Å². The zero-order valence-electron chi connectivity index (χ0n) is 14.5. The zero-order valence-corrected chi connectivity index (χ0v) is 14.5. The Kier molecular flexibility index (Phi) is 9.55. The number of aryl methyl sites for hydroxylation is 1. The van der Waals surface area contributed by atoms with Crippen molar-refractivity contribution in [3.63, 3.8) is 0 Å². The van der Waals surface area contributed by atoms with Gasteiger partial charge in [0.25, 0.3) is 0 Å². The van der Waals surface area contributed by atoms with E-state index < -0.39 is 0 Å². The molecule has 0 spiro atoms. The lowest BCUT2D eigenvalue weighted by atomic mass is 9.98. The summed E-state index contributed by atoms with van der Waals surface area (Å²) in [7, 11) is 0. The molecule has 0 heterocycles. The van der Waals surface area contributed by atoms with Crippen LogP contribution in [-0.2, 0) is 16.0 Å². The maximum absolute atomic E-state index is 11.3. The minimum absolute atomic E-state index is 0.0263. The molecule has 0 aliphatic carbocycles. The van der Waals surface area contributed by atoms with Gasteiger partial charge in [-0.1, -0.05) is 68.0 Å². The van der Waals surface area contributed by atoms with Crippen molar-refractivity contribution in [2.75, 3.05) is 0 Å². The van der Waals surface area contributed by atoms with Gasteiger partial charge in [-0.15, -0.1) is 0 Å². The van der Waals surface area contributed by atoms with Crippen molar-refractivity contribution in [1.29, 1.82) is 0 Å². The second kappa shape index (κ2) is 11.5. The minimum atomic E-state index is -0.241. The molecule has 0 N–H and O–H groups in total. The van der Waals surface area contributed by atoms with E-state index in [2.05, 4.69) is 37.0 Å². The van der Waals surface area contributed by atoms with E-state index in [0.29, 0.717) is 0 Å². The van der Waals surface area contributed by atoms with Gasteiger partial charge in [0.2, 0.25) is 0 Å². The molecule has 0 aliphatic rings. The summed E-state index contributed by atoms with van der Waals surface area (Å²) in [4.78, 5) is 11.3. The van der Waals surface area contributed by atoms with E-state index in [-0.39, 0.29) is 18.0 Å². The first-order chi connectivity index (χ1) is 11.1. The maximum Gasteiger partial charge on any atom is 0.302 e. The van der Waals surface area contributed by atoms with Gasteiger partial charge in [-0.05, 0) is 37.8 Å². The fraction of sp³-hybridized carbons (Fsp3) is 0.476. The summed E-state index contributed by atoms with van der Waals surface area (Å²) in [5, 5.41) is 0. The van der Waals surface area contributed by atoms with E-state index in [1.54, 1.807) is 0 Å². The lowest BCUT2D eigenvalue weighted by Crippen LogP contribution is -2.24. The average molecular weight is 312 g/mol. The molecule has 0 aliphatic heterocycles. The van der Waals surface area contributed by atoms with Crippen LogP contribution < -0.4 is 0 Å². The maximum atomic E-state index is 11.3. The van der Waals surface area contributed by atoms with Crippen molar-refractivity contribution < 1.29 is 9.53 Å². The van der Waals surface area contributed by atoms with Crippen LogP contribution >= 0.6 is 0 Å². The molecule has 0 bridgehead atoms. The number of esters is 1. The Labute approximate surface area is 140 Å².